The van der Waals surface area contributed by atoms with Crippen molar-refractivity contribution in [3.63, 3.8) is 0 Å². The highest BCUT2D eigenvalue weighted by molar-refractivity contribution is 6.30. The normalized spacial score (nSPS) is 20.6. The van der Waals surface area contributed by atoms with Gasteiger partial charge in [0.05, 0.1) is 6.54 Å². The second-order valence-electron chi connectivity index (χ2n) is 5.50. The van der Waals surface area contributed by atoms with Gasteiger partial charge in [0.1, 0.15) is 0 Å². The van der Waals surface area contributed by atoms with E-state index in [-0.39, 0.29) is 17.4 Å². The molecule has 1 aliphatic rings. The Morgan fingerprint density at radius 1 is 1.50 bits per heavy atom. The van der Waals surface area contributed by atoms with E-state index in [2.05, 4.69) is 30.5 Å². The van der Waals surface area contributed by atoms with E-state index in [9.17, 15) is 4.79 Å². The van der Waals surface area contributed by atoms with Gasteiger partial charge in [-0.2, -0.15) is 0 Å². The predicted octanol–water partition coefficient (Wildman–Crippen LogP) is 2.30. The van der Waals surface area contributed by atoms with Gasteiger partial charge in [-0.25, -0.2) is 0 Å². The lowest BCUT2D eigenvalue weighted by Gasteiger charge is -2.28. The molecule has 4 heteroatoms. The molecule has 0 bridgehead atoms. The van der Waals surface area contributed by atoms with Crippen LogP contribution in [0.4, 0.5) is 0 Å². The van der Waals surface area contributed by atoms with E-state index in [1.165, 1.54) is 11.1 Å². The molecule has 18 heavy (non-hydrogen) atoms. The Morgan fingerprint density at radius 2 is 2.22 bits per heavy atom. The highest BCUT2D eigenvalue weighted by Gasteiger charge is 2.38. The van der Waals surface area contributed by atoms with Crippen molar-refractivity contribution in [3.8, 4) is 0 Å². The molecule has 1 aliphatic carbocycles. The van der Waals surface area contributed by atoms with Crippen LogP contribution in [0, 0.1) is 5.41 Å². The molecule has 1 amide bonds. The Bertz CT molecular complexity index is 471. The van der Waals surface area contributed by atoms with Gasteiger partial charge in [0.25, 0.3) is 0 Å². The molecule has 1 atom stereocenters. The zero-order chi connectivity index (χ0) is 13.3. The smallest absolute Gasteiger partial charge is 0.233 e. The number of likely N-dealkylation sites (N-methyl/N-ethyl adjacent to an activating group) is 1. The maximum absolute atomic E-state index is 11.4. The van der Waals surface area contributed by atoms with Crippen LogP contribution in [0.1, 0.15) is 31.0 Å². The molecular weight excluding hydrogens is 248 g/mol. The van der Waals surface area contributed by atoms with Crippen LogP contribution in [0.5, 0.6) is 0 Å². The number of fused-ring (bicyclic) bond motifs is 1. The van der Waals surface area contributed by atoms with Crippen molar-refractivity contribution in [2.45, 2.75) is 26.3 Å². The van der Waals surface area contributed by atoms with Crippen LogP contribution in [-0.2, 0) is 11.2 Å². The molecule has 0 aromatic heterocycles. The van der Waals surface area contributed by atoms with Crippen LogP contribution in [0.15, 0.2) is 18.2 Å². The fourth-order valence-corrected chi connectivity index (χ4v) is 2.86. The van der Waals surface area contributed by atoms with Gasteiger partial charge < -0.3 is 10.6 Å². The fourth-order valence-electron chi connectivity index (χ4n) is 2.68. The molecule has 0 heterocycles. The SMILES string of the molecule is CNC(=O)CNC1c2cc(Cl)ccc2CC1(C)C. The van der Waals surface area contributed by atoms with Gasteiger partial charge in [0.2, 0.25) is 5.91 Å². The third-order valence-electron chi connectivity index (χ3n) is 3.59. The van der Waals surface area contributed by atoms with Gasteiger partial charge in [-0.1, -0.05) is 31.5 Å². The van der Waals surface area contributed by atoms with Crippen LogP contribution >= 0.6 is 11.6 Å². The van der Waals surface area contributed by atoms with Gasteiger partial charge >= 0.3 is 0 Å². The summed E-state index contributed by atoms with van der Waals surface area (Å²) < 4.78 is 0. The lowest BCUT2D eigenvalue weighted by atomic mass is 9.85. The zero-order valence-corrected chi connectivity index (χ0v) is 11.8. The molecule has 0 aliphatic heterocycles. The molecule has 0 saturated heterocycles. The third kappa shape index (κ3) is 2.52. The molecular formula is C14H19ClN2O. The lowest BCUT2D eigenvalue weighted by molar-refractivity contribution is -0.120. The average Bonchev–Trinajstić information content (AvgIpc) is 2.56. The summed E-state index contributed by atoms with van der Waals surface area (Å²) in [6.07, 6.45) is 1.00. The average molecular weight is 267 g/mol. The molecule has 98 valence electrons. The van der Waals surface area contributed by atoms with E-state index >= 15 is 0 Å². The fraction of sp³-hybridized carbons (Fsp3) is 0.500. The van der Waals surface area contributed by atoms with Crippen molar-refractivity contribution in [3.05, 3.63) is 34.3 Å². The minimum atomic E-state index is 0.00118. The van der Waals surface area contributed by atoms with Crippen LogP contribution in [0.25, 0.3) is 0 Å². The number of nitrogens with one attached hydrogen (secondary N) is 2. The number of amides is 1. The zero-order valence-electron chi connectivity index (χ0n) is 11.0. The maximum atomic E-state index is 11.4. The first-order valence-electron chi connectivity index (χ1n) is 6.16. The second kappa shape index (κ2) is 4.90. The van der Waals surface area contributed by atoms with Crippen molar-refractivity contribution in [2.24, 2.45) is 5.41 Å². The van der Waals surface area contributed by atoms with Gasteiger partial charge in [-0.05, 0) is 35.1 Å². The Morgan fingerprint density at radius 3 is 2.89 bits per heavy atom. The molecule has 0 saturated carbocycles. The monoisotopic (exact) mass is 266 g/mol. The molecule has 1 aromatic rings. The van der Waals surface area contributed by atoms with E-state index in [0.29, 0.717) is 6.54 Å². The summed E-state index contributed by atoms with van der Waals surface area (Å²) in [4.78, 5) is 11.4. The van der Waals surface area contributed by atoms with Crippen molar-refractivity contribution in [1.29, 1.82) is 0 Å². The van der Waals surface area contributed by atoms with Crippen LogP contribution in [-0.4, -0.2) is 19.5 Å². The molecule has 1 aromatic carbocycles. The number of halogens is 1. The Balaban J connectivity index is 2.23. The first-order chi connectivity index (χ1) is 8.44. The highest BCUT2D eigenvalue weighted by atomic mass is 35.5. The van der Waals surface area contributed by atoms with E-state index in [0.717, 1.165) is 11.4 Å². The molecule has 2 rings (SSSR count). The lowest BCUT2D eigenvalue weighted by Crippen LogP contribution is -2.38. The Labute approximate surface area is 113 Å². The number of hydrogen-bond acceptors (Lipinski definition) is 2. The first kappa shape index (κ1) is 13.4. The minimum absolute atomic E-state index is 0.00118. The topological polar surface area (TPSA) is 41.1 Å². The summed E-state index contributed by atoms with van der Waals surface area (Å²) in [5.74, 6) is 0.00118. The van der Waals surface area contributed by atoms with Crippen LogP contribution in [0.2, 0.25) is 5.02 Å². The molecule has 0 spiro atoms. The number of benzene rings is 1. The maximum Gasteiger partial charge on any atom is 0.233 e. The summed E-state index contributed by atoms with van der Waals surface area (Å²) in [5, 5.41) is 6.71. The number of carbonyl (C=O) groups excluding carboxylic acids is 1. The van der Waals surface area contributed by atoms with Gasteiger partial charge in [0.15, 0.2) is 0 Å². The largest absolute Gasteiger partial charge is 0.358 e. The summed E-state index contributed by atoms with van der Waals surface area (Å²) in [5.41, 5.74) is 2.64. The summed E-state index contributed by atoms with van der Waals surface area (Å²) in [6, 6.07) is 6.19. The van der Waals surface area contributed by atoms with E-state index in [1.807, 2.05) is 12.1 Å². The molecule has 1 unspecified atom stereocenters. The van der Waals surface area contributed by atoms with Crippen LogP contribution < -0.4 is 10.6 Å². The minimum Gasteiger partial charge on any atom is -0.358 e. The van der Waals surface area contributed by atoms with E-state index in [4.69, 9.17) is 11.6 Å². The summed E-state index contributed by atoms with van der Waals surface area (Å²) in [6.45, 7) is 4.75. The molecule has 0 fully saturated rings. The standard InChI is InChI=1S/C14H19ClN2O/c1-14(2)7-9-4-5-10(15)6-11(9)13(14)17-8-12(18)16-3/h4-6,13,17H,7-8H2,1-3H3,(H,16,18). The second-order valence-corrected chi connectivity index (χ2v) is 5.93. The number of rotatable bonds is 3. The van der Waals surface area contributed by atoms with E-state index in [1.54, 1.807) is 7.05 Å². The van der Waals surface area contributed by atoms with Crippen molar-refractivity contribution >= 4 is 17.5 Å². The van der Waals surface area contributed by atoms with Crippen molar-refractivity contribution in [2.75, 3.05) is 13.6 Å². The molecule has 2 N–H and O–H groups in total. The van der Waals surface area contributed by atoms with Crippen molar-refractivity contribution < 1.29 is 4.79 Å². The Hall–Kier alpha value is -1.06. The summed E-state index contributed by atoms with van der Waals surface area (Å²) in [7, 11) is 1.65. The molecule has 0 radical (unpaired) electrons. The number of carbonyl (C=O) groups is 1. The Kier molecular flexibility index (Phi) is 3.64. The summed E-state index contributed by atoms with van der Waals surface area (Å²) >= 11 is 6.06. The quantitative estimate of drug-likeness (QED) is 0.881. The van der Waals surface area contributed by atoms with E-state index < -0.39 is 0 Å². The third-order valence-corrected chi connectivity index (χ3v) is 3.83. The van der Waals surface area contributed by atoms with Gasteiger partial charge in [0, 0.05) is 18.1 Å². The van der Waals surface area contributed by atoms with Crippen LogP contribution in [0.3, 0.4) is 0 Å². The van der Waals surface area contributed by atoms with Crippen molar-refractivity contribution in [1.82, 2.24) is 10.6 Å². The van der Waals surface area contributed by atoms with Gasteiger partial charge in [-0.15, -0.1) is 0 Å². The van der Waals surface area contributed by atoms with Gasteiger partial charge in [-0.3, -0.25) is 4.79 Å². The first-order valence-corrected chi connectivity index (χ1v) is 6.54. The molecule has 3 nitrogen and oxygen atoms in total. The predicted molar refractivity (Wildman–Crippen MR) is 73.7 cm³/mol. The number of hydrogen-bond donors (Lipinski definition) is 2. The highest BCUT2D eigenvalue weighted by Crippen LogP contribution is 2.45.